The van der Waals surface area contributed by atoms with E-state index < -0.39 is 11.2 Å². The van der Waals surface area contributed by atoms with Crippen LogP contribution in [0.5, 0.6) is 0 Å². The van der Waals surface area contributed by atoms with Gasteiger partial charge in [-0.1, -0.05) is 50.5 Å². The van der Waals surface area contributed by atoms with Crippen LogP contribution in [0.1, 0.15) is 78.7 Å². The summed E-state index contributed by atoms with van der Waals surface area (Å²) in [4.78, 5) is 2.34. The highest BCUT2D eigenvalue weighted by Gasteiger charge is 2.40. The SMILES string of the molecule is CC(C)(C)CCC(C)(O)C(C)(C)OBc1ccc(C2CCN(CCO)CC2)cc1. The summed E-state index contributed by atoms with van der Waals surface area (Å²) in [5.41, 5.74) is 1.25. The van der Waals surface area contributed by atoms with Gasteiger partial charge < -0.3 is 19.8 Å². The average molecular weight is 403 g/mol. The molecule has 1 aliphatic rings. The zero-order valence-corrected chi connectivity index (χ0v) is 19.5. The Hall–Kier alpha value is -0.875. The Morgan fingerprint density at radius 3 is 2.10 bits per heavy atom. The largest absolute Gasteiger partial charge is 0.427 e. The molecule has 0 bridgehead atoms. The molecule has 1 aliphatic heterocycles. The number of hydrogen-bond acceptors (Lipinski definition) is 4. The minimum absolute atomic E-state index is 0.199. The number of hydrogen-bond donors (Lipinski definition) is 2. The quantitative estimate of drug-likeness (QED) is 0.622. The highest BCUT2D eigenvalue weighted by molar-refractivity contribution is 6.47. The predicted molar refractivity (Wildman–Crippen MR) is 123 cm³/mol. The molecular weight excluding hydrogens is 361 g/mol. The first kappa shape index (κ1) is 24.4. The van der Waals surface area contributed by atoms with Crippen molar-refractivity contribution >= 4 is 12.9 Å². The molecule has 1 atom stereocenters. The Labute approximate surface area is 178 Å². The van der Waals surface area contributed by atoms with Crippen LogP contribution in [0.2, 0.25) is 0 Å². The number of benzene rings is 1. The van der Waals surface area contributed by atoms with Crippen molar-refractivity contribution in [2.75, 3.05) is 26.2 Å². The second-order valence-electron chi connectivity index (χ2n) is 10.7. The highest BCUT2D eigenvalue weighted by Crippen LogP contribution is 2.34. The third kappa shape index (κ3) is 7.39. The van der Waals surface area contributed by atoms with Gasteiger partial charge in [0.2, 0.25) is 0 Å². The molecule has 0 amide bonds. The summed E-state index contributed by atoms with van der Waals surface area (Å²) in [5.74, 6) is 0.606. The van der Waals surface area contributed by atoms with Crippen LogP contribution >= 0.6 is 0 Å². The molecule has 1 unspecified atom stereocenters. The normalized spacial score (nSPS) is 19.2. The fourth-order valence-corrected chi connectivity index (χ4v) is 3.86. The molecule has 1 aromatic rings. The van der Waals surface area contributed by atoms with Gasteiger partial charge in [0, 0.05) is 6.54 Å². The van der Waals surface area contributed by atoms with Gasteiger partial charge in [0.1, 0.15) is 0 Å². The molecular formula is C24H42BNO3. The summed E-state index contributed by atoms with van der Waals surface area (Å²) in [6.07, 6.45) is 3.98. The van der Waals surface area contributed by atoms with Crippen molar-refractivity contribution in [2.24, 2.45) is 5.41 Å². The van der Waals surface area contributed by atoms with Crippen LogP contribution in [-0.2, 0) is 4.65 Å². The van der Waals surface area contributed by atoms with Crippen molar-refractivity contribution in [3.63, 3.8) is 0 Å². The van der Waals surface area contributed by atoms with Crippen molar-refractivity contribution in [1.29, 1.82) is 0 Å². The number of aliphatic hydroxyl groups is 2. The van der Waals surface area contributed by atoms with Crippen molar-refractivity contribution in [3.8, 4) is 0 Å². The molecule has 5 heteroatoms. The number of likely N-dealkylation sites (tertiary alicyclic amines) is 1. The van der Waals surface area contributed by atoms with E-state index >= 15 is 0 Å². The van der Waals surface area contributed by atoms with Gasteiger partial charge in [-0.05, 0) is 76.4 Å². The number of rotatable bonds is 9. The number of nitrogens with zero attached hydrogens (tertiary/aromatic N) is 1. The minimum Gasteiger partial charge on any atom is -0.427 e. The van der Waals surface area contributed by atoms with E-state index in [-0.39, 0.29) is 12.0 Å². The first-order valence-electron chi connectivity index (χ1n) is 11.2. The number of β-amino-alcohol motifs (C(OH)–C–C–N with tert-alkyl or cyclic N) is 1. The van der Waals surface area contributed by atoms with Crippen molar-refractivity contribution in [1.82, 2.24) is 4.90 Å². The van der Waals surface area contributed by atoms with E-state index in [1.165, 1.54) is 5.56 Å². The van der Waals surface area contributed by atoms with E-state index in [4.69, 9.17) is 9.76 Å². The van der Waals surface area contributed by atoms with Gasteiger partial charge in [-0.3, -0.25) is 0 Å². The third-order valence-corrected chi connectivity index (χ3v) is 6.71. The maximum absolute atomic E-state index is 11.0. The Morgan fingerprint density at radius 2 is 1.59 bits per heavy atom. The molecule has 1 aromatic carbocycles. The van der Waals surface area contributed by atoms with Gasteiger partial charge in [0.25, 0.3) is 0 Å². The van der Waals surface area contributed by atoms with Crippen molar-refractivity contribution < 1.29 is 14.9 Å². The van der Waals surface area contributed by atoms with Crippen LogP contribution in [-0.4, -0.2) is 60.0 Å². The molecule has 1 heterocycles. The third-order valence-electron chi connectivity index (χ3n) is 6.71. The molecule has 164 valence electrons. The summed E-state index contributed by atoms with van der Waals surface area (Å²) in [6.45, 7) is 15.7. The van der Waals surface area contributed by atoms with E-state index in [0.29, 0.717) is 13.4 Å². The number of aliphatic hydroxyl groups excluding tert-OH is 1. The Balaban J connectivity index is 1.87. The lowest BCUT2D eigenvalue weighted by Crippen LogP contribution is -2.51. The lowest BCUT2D eigenvalue weighted by Gasteiger charge is -2.41. The van der Waals surface area contributed by atoms with Crippen LogP contribution in [0.4, 0.5) is 0 Å². The van der Waals surface area contributed by atoms with Crippen LogP contribution in [0.25, 0.3) is 0 Å². The fraction of sp³-hybridized carbons (Fsp3) is 0.750. The first-order valence-corrected chi connectivity index (χ1v) is 11.2. The van der Waals surface area contributed by atoms with Gasteiger partial charge in [-0.25, -0.2) is 0 Å². The van der Waals surface area contributed by atoms with Gasteiger partial charge in [0.15, 0.2) is 0 Å². The average Bonchev–Trinajstić information content (AvgIpc) is 2.66. The van der Waals surface area contributed by atoms with Crippen molar-refractivity contribution in [2.45, 2.75) is 84.3 Å². The van der Waals surface area contributed by atoms with E-state index in [0.717, 1.165) is 50.8 Å². The predicted octanol–water partition coefficient (Wildman–Crippen LogP) is 3.21. The lowest BCUT2D eigenvalue weighted by molar-refractivity contribution is -0.111. The maximum atomic E-state index is 11.0. The Kier molecular flexibility index (Phi) is 8.37. The van der Waals surface area contributed by atoms with Crippen LogP contribution < -0.4 is 5.46 Å². The van der Waals surface area contributed by atoms with E-state index in [9.17, 15) is 5.11 Å². The van der Waals surface area contributed by atoms with Crippen molar-refractivity contribution in [3.05, 3.63) is 29.8 Å². The van der Waals surface area contributed by atoms with Gasteiger partial charge in [0.05, 0.1) is 17.8 Å². The molecule has 0 aromatic heterocycles. The monoisotopic (exact) mass is 403 g/mol. The standard InChI is InChI=1S/C24H42BNO3/c1-22(2,3)13-14-24(6,28)23(4,5)29-25-21-9-7-19(8-10-21)20-11-15-26(16-12-20)17-18-27/h7-10,20,25,27-28H,11-18H2,1-6H3. The van der Waals surface area contributed by atoms with Crippen LogP contribution in [0.3, 0.4) is 0 Å². The molecule has 0 spiro atoms. The van der Waals surface area contributed by atoms with Crippen LogP contribution in [0, 0.1) is 5.41 Å². The summed E-state index contributed by atoms with van der Waals surface area (Å²) >= 11 is 0. The molecule has 2 rings (SSSR count). The van der Waals surface area contributed by atoms with Gasteiger partial charge >= 0.3 is 7.48 Å². The second-order valence-corrected chi connectivity index (χ2v) is 10.7. The molecule has 0 radical (unpaired) electrons. The zero-order valence-electron chi connectivity index (χ0n) is 19.5. The molecule has 1 saturated heterocycles. The molecule has 4 nitrogen and oxygen atoms in total. The van der Waals surface area contributed by atoms with E-state index in [2.05, 4.69) is 49.9 Å². The molecule has 1 fully saturated rings. The van der Waals surface area contributed by atoms with Gasteiger partial charge in [-0.2, -0.15) is 0 Å². The summed E-state index contributed by atoms with van der Waals surface area (Å²) in [5, 5.41) is 20.1. The Bertz CT molecular complexity index is 614. The van der Waals surface area contributed by atoms with E-state index in [1.807, 2.05) is 20.8 Å². The summed E-state index contributed by atoms with van der Waals surface area (Å²) in [7, 11) is 0.508. The minimum atomic E-state index is -0.872. The molecule has 2 N–H and O–H groups in total. The smallest absolute Gasteiger partial charge is 0.309 e. The number of piperidine rings is 1. The lowest BCUT2D eigenvalue weighted by atomic mass is 9.76. The summed E-state index contributed by atoms with van der Waals surface area (Å²) < 4.78 is 6.19. The van der Waals surface area contributed by atoms with E-state index in [1.54, 1.807) is 0 Å². The summed E-state index contributed by atoms with van der Waals surface area (Å²) in [6, 6.07) is 8.79. The first-order chi connectivity index (χ1) is 13.4. The van der Waals surface area contributed by atoms with Gasteiger partial charge in [-0.15, -0.1) is 0 Å². The maximum Gasteiger partial charge on any atom is 0.309 e. The Morgan fingerprint density at radius 1 is 1.00 bits per heavy atom. The molecule has 29 heavy (non-hydrogen) atoms. The fourth-order valence-electron chi connectivity index (χ4n) is 3.86. The molecule has 0 saturated carbocycles. The molecule has 0 aliphatic carbocycles. The van der Waals surface area contributed by atoms with Crippen LogP contribution in [0.15, 0.2) is 24.3 Å². The zero-order chi connectivity index (χ0) is 21.7. The second kappa shape index (κ2) is 9.95. The highest BCUT2D eigenvalue weighted by atomic mass is 16.5. The topological polar surface area (TPSA) is 52.9 Å².